The van der Waals surface area contributed by atoms with Crippen molar-refractivity contribution >= 4 is 22.3 Å². The lowest BCUT2D eigenvalue weighted by Crippen LogP contribution is -2.09. The second-order valence-electron chi connectivity index (χ2n) is 6.21. The first-order valence-electron chi connectivity index (χ1n) is 8.84. The number of fused-ring (bicyclic) bond motifs is 1. The van der Waals surface area contributed by atoms with Gasteiger partial charge in [0.05, 0.1) is 0 Å². The maximum Gasteiger partial charge on any atom is 0.248 e. The Morgan fingerprint density at radius 3 is 2.48 bits per heavy atom. The van der Waals surface area contributed by atoms with Crippen LogP contribution in [-0.4, -0.2) is 16.5 Å². The highest BCUT2D eigenvalue weighted by Crippen LogP contribution is 2.30. The molecule has 0 bridgehead atoms. The van der Waals surface area contributed by atoms with Gasteiger partial charge >= 0.3 is 0 Å². The smallest absolute Gasteiger partial charge is 0.248 e. The van der Waals surface area contributed by atoms with Gasteiger partial charge in [0.2, 0.25) is 5.88 Å². The number of rotatable bonds is 6. The summed E-state index contributed by atoms with van der Waals surface area (Å²) in [5.41, 5.74) is 7.87. The highest BCUT2D eigenvalue weighted by atomic mass is 16.5. The number of aromatic nitrogens is 2. The van der Waals surface area contributed by atoms with Gasteiger partial charge in [-0.05, 0) is 34.9 Å². The number of ether oxygens (including phenoxy) is 1. The summed E-state index contributed by atoms with van der Waals surface area (Å²) < 4.78 is 5.91. The van der Waals surface area contributed by atoms with Crippen LogP contribution in [0.3, 0.4) is 0 Å². The number of nitrogens with zero attached hydrogens (tertiary/aromatic N) is 2. The maximum absolute atomic E-state index is 6.21. The molecule has 27 heavy (non-hydrogen) atoms. The number of nitrogens with one attached hydrogen (secondary N) is 1. The average Bonchev–Trinajstić information content (AvgIpc) is 2.71. The molecule has 5 heteroatoms. The van der Waals surface area contributed by atoms with Crippen molar-refractivity contribution in [1.82, 2.24) is 9.97 Å². The molecule has 0 aliphatic rings. The van der Waals surface area contributed by atoms with Gasteiger partial charge in [-0.2, -0.15) is 4.98 Å². The monoisotopic (exact) mass is 356 g/mol. The van der Waals surface area contributed by atoms with E-state index in [9.17, 15) is 0 Å². The second kappa shape index (κ2) is 7.74. The van der Waals surface area contributed by atoms with E-state index in [4.69, 9.17) is 10.5 Å². The lowest BCUT2D eigenvalue weighted by atomic mass is 10.1. The van der Waals surface area contributed by atoms with Crippen LogP contribution in [0.1, 0.15) is 5.56 Å². The Hall–Kier alpha value is -3.60. The molecule has 4 rings (SSSR count). The van der Waals surface area contributed by atoms with Crippen LogP contribution in [-0.2, 0) is 6.42 Å². The van der Waals surface area contributed by atoms with Crippen molar-refractivity contribution < 1.29 is 4.74 Å². The van der Waals surface area contributed by atoms with E-state index < -0.39 is 0 Å². The molecule has 4 aromatic rings. The van der Waals surface area contributed by atoms with E-state index >= 15 is 0 Å². The molecule has 0 unspecified atom stereocenters. The summed E-state index contributed by atoms with van der Waals surface area (Å²) >= 11 is 0. The number of hydrogen-bond donors (Lipinski definition) is 2. The molecule has 0 fully saturated rings. The maximum atomic E-state index is 6.21. The molecule has 134 valence electrons. The predicted octanol–water partition coefficient (Wildman–Crippen LogP) is 4.66. The van der Waals surface area contributed by atoms with Crippen LogP contribution in [0.4, 0.5) is 11.5 Å². The number of hydrogen-bond acceptors (Lipinski definition) is 5. The van der Waals surface area contributed by atoms with E-state index in [1.54, 1.807) is 0 Å². The summed E-state index contributed by atoms with van der Waals surface area (Å²) in [6.07, 6.45) is 2.34. The molecule has 0 aliphatic heterocycles. The normalized spacial score (nSPS) is 10.7. The number of benzene rings is 3. The van der Waals surface area contributed by atoms with Crippen molar-refractivity contribution in [1.29, 1.82) is 0 Å². The molecule has 5 nitrogen and oxygen atoms in total. The molecule has 0 aliphatic carbocycles. The third-order valence-electron chi connectivity index (χ3n) is 4.33. The summed E-state index contributed by atoms with van der Waals surface area (Å²) in [5.74, 6) is 1.62. The Morgan fingerprint density at radius 2 is 1.63 bits per heavy atom. The summed E-state index contributed by atoms with van der Waals surface area (Å²) in [7, 11) is 0. The van der Waals surface area contributed by atoms with Gasteiger partial charge in [0.25, 0.3) is 0 Å². The van der Waals surface area contributed by atoms with Gasteiger partial charge in [-0.25, -0.2) is 4.98 Å². The van der Waals surface area contributed by atoms with Crippen molar-refractivity contribution in [2.75, 3.05) is 17.6 Å². The van der Waals surface area contributed by atoms with Gasteiger partial charge in [0.1, 0.15) is 17.8 Å². The van der Waals surface area contributed by atoms with Gasteiger partial charge in [-0.1, -0.05) is 60.7 Å². The molecule has 0 radical (unpaired) electrons. The van der Waals surface area contributed by atoms with E-state index in [-0.39, 0.29) is 0 Å². The molecule has 3 N–H and O–H groups in total. The van der Waals surface area contributed by atoms with Crippen LogP contribution in [0.25, 0.3) is 10.8 Å². The third-order valence-corrected chi connectivity index (χ3v) is 4.33. The van der Waals surface area contributed by atoms with Gasteiger partial charge in [-0.3, -0.25) is 0 Å². The average molecular weight is 356 g/mol. The summed E-state index contributed by atoms with van der Waals surface area (Å²) in [5, 5.41) is 5.52. The SMILES string of the molecule is Nc1c(NCCc2ccccc2)ncnc1Oc1ccc2ccccc2c1. The zero-order valence-electron chi connectivity index (χ0n) is 14.8. The molecule has 1 heterocycles. The van der Waals surface area contributed by atoms with Gasteiger partial charge < -0.3 is 15.8 Å². The van der Waals surface area contributed by atoms with Crippen molar-refractivity contribution in [2.45, 2.75) is 6.42 Å². The minimum atomic E-state index is 0.350. The number of nitrogens with two attached hydrogens (primary N) is 1. The molecule has 0 amide bonds. The van der Waals surface area contributed by atoms with Crippen LogP contribution < -0.4 is 15.8 Å². The van der Waals surface area contributed by atoms with Gasteiger partial charge in [0, 0.05) is 6.54 Å². The molecule has 0 spiro atoms. The predicted molar refractivity (Wildman–Crippen MR) is 109 cm³/mol. The fourth-order valence-corrected chi connectivity index (χ4v) is 2.91. The van der Waals surface area contributed by atoms with Crippen molar-refractivity contribution in [3.63, 3.8) is 0 Å². The first-order chi connectivity index (χ1) is 13.3. The van der Waals surface area contributed by atoms with E-state index in [0.717, 1.165) is 23.7 Å². The molecule has 0 atom stereocenters. The quantitative estimate of drug-likeness (QED) is 0.526. The number of anilines is 2. The van der Waals surface area contributed by atoms with Crippen molar-refractivity contribution in [2.24, 2.45) is 0 Å². The van der Waals surface area contributed by atoms with Crippen LogP contribution in [0.5, 0.6) is 11.6 Å². The minimum Gasteiger partial charge on any atom is -0.437 e. The molecular formula is C22H20N4O. The molecule has 0 saturated carbocycles. The van der Waals surface area contributed by atoms with Gasteiger partial charge in [-0.15, -0.1) is 0 Å². The summed E-state index contributed by atoms with van der Waals surface area (Å²) in [4.78, 5) is 8.42. The topological polar surface area (TPSA) is 73.1 Å². The van der Waals surface area contributed by atoms with Crippen LogP contribution in [0, 0.1) is 0 Å². The molecule has 3 aromatic carbocycles. The number of nitrogen functional groups attached to an aromatic ring is 1. The van der Waals surface area contributed by atoms with E-state index in [1.165, 1.54) is 11.9 Å². The first-order valence-corrected chi connectivity index (χ1v) is 8.84. The van der Waals surface area contributed by atoms with Crippen LogP contribution in [0.2, 0.25) is 0 Å². The lowest BCUT2D eigenvalue weighted by molar-refractivity contribution is 0.465. The Kier molecular flexibility index (Phi) is 4.83. The largest absolute Gasteiger partial charge is 0.437 e. The lowest BCUT2D eigenvalue weighted by Gasteiger charge is -2.12. The van der Waals surface area contributed by atoms with E-state index in [0.29, 0.717) is 23.1 Å². The fraction of sp³-hybridized carbons (Fsp3) is 0.0909. The standard InChI is InChI=1S/C22H20N4O/c23-20-21(24-13-12-16-6-2-1-3-7-16)25-15-26-22(20)27-19-11-10-17-8-4-5-9-18(17)14-19/h1-11,14-15H,12-13,23H2,(H,24,25,26). The van der Waals surface area contributed by atoms with Crippen LogP contribution in [0.15, 0.2) is 79.1 Å². The minimum absolute atomic E-state index is 0.350. The zero-order valence-corrected chi connectivity index (χ0v) is 14.8. The van der Waals surface area contributed by atoms with Crippen molar-refractivity contribution in [3.05, 3.63) is 84.7 Å². The van der Waals surface area contributed by atoms with E-state index in [1.807, 2.05) is 54.6 Å². The van der Waals surface area contributed by atoms with Gasteiger partial charge in [0.15, 0.2) is 5.82 Å². The van der Waals surface area contributed by atoms with Crippen LogP contribution >= 0.6 is 0 Å². The fourth-order valence-electron chi connectivity index (χ4n) is 2.91. The molecular weight excluding hydrogens is 336 g/mol. The highest BCUT2D eigenvalue weighted by molar-refractivity contribution is 5.83. The second-order valence-corrected chi connectivity index (χ2v) is 6.21. The highest BCUT2D eigenvalue weighted by Gasteiger charge is 2.10. The van der Waals surface area contributed by atoms with E-state index in [2.05, 4.69) is 33.5 Å². The Labute approximate surface area is 157 Å². The van der Waals surface area contributed by atoms with Crippen molar-refractivity contribution in [3.8, 4) is 11.6 Å². The third kappa shape index (κ3) is 3.98. The summed E-state index contributed by atoms with van der Waals surface area (Å²) in [6, 6.07) is 24.3. The summed E-state index contributed by atoms with van der Waals surface area (Å²) in [6.45, 7) is 0.723. The molecule has 0 saturated heterocycles. The Morgan fingerprint density at radius 1 is 0.852 bits per heavy atom. The Bertz CT molecular complexity index is 1050. The molecule has 1 aromatic heterocycles. The first kappa shape index (κ1) is 16.8. The Balaban J connectivity index is 1.47. The zero-order chi connectivity index (χ0) is 18.5.